The van der Waals surface area contributed by atoms with Crippen molar-refractivity contribution in [1.82, 2.24) is 0 Å². The third-order valence-electron chi connectivity index (χ3n) is 2.77. The molecule has 6 heteroatoms. The van der Waals surface area contributed by atoms with E-state index in [1.807, 2.05) is 6.07 Å². The van der Waals surface area contributed by atoms with Crippen LogP contribution in [0.15, 0.2) is 48.5 Å². The zero-order chi connectivity index (χ0) is 15.2. The van der Waals surface area contributed by atoms with Gasteiger partial charge in [0, 0.05) is 6.07 Å². The van der Waals surface area contributed by atoms with Gasteiger partial charge in [0.15, 0.2) is 0 Å². The smallest absolute Gasteiger partial charge is 0.338 e. The van der Waals surface area contributed by atoms with Gasteiger partial charge >= 0.3 is 5.97 Å². The first-order chi connectivity index (χ1) is 10.1. The molecule has 2 aromatic rings. The molecule has 0 unspecified atom stereocenters. The average molecular weight is 282 g/mol. The van der Waals surface area contributed by atoms with Crippen molar-refractivity contribution in [3.8, 4) is 6.07 Å². The number of rotatable bonds is 4. The molecule has 0 aromatic heterocycles. The maximum atomic E-state index is 11.9. The second-order valence-electron chi connectivity index (χ2n) is 4.15. The third-order valence-corrected chi connectivity index (χ3v) is 2.77. The lowest BCUT2D eigenvalue weighted by molar-refractivity contribution is -0.385. The lowest BCUT2D eigenvalue weighted by Crippen LogP contribution is -2.06. The summed E-state index contributed by atoms with van der Waals surface area (Å²) in [5.41, 5.74) is 0.783. The number of esters is 1. The summed E-state index contributed by atoms with van der Waals surface area (Å²) in [5.74, 6) is -0.634. The van der Waals surface area contributed by atoms with Crippen molar-refractivity contribution in [2.45, 2.75) is 6.61 Å². The molecule has 21 heavy (non-hydrogen) atoms. The Morgan fingerprint density at radius 3 is 2.71 bits per heavy atom. The molecule has 0 saturated carbocycles. The number of hydrogen-bond donors (Lipinski definition) is 0. The molecule has 0 aliphatic heterocycles. The second-order valence-corrected chi connectivity index (χ2v) is 4.15. The van der Waals surface area contributed by atoms with Gasteiger partial charge in [0.05, 0.1) is 27.7 Å². The molecule has 0 heterocycles. The second kappa shape index (κ2) is 6.30. The summed E-state index contributed by atoms with van der Waals surface area (Å²) in [7, 11) is 0. The van der Waals surface area contributed by atoms with Crippen LogP contribution in [0.5, 0.6) is 0 Å². The predicted octanol–water partition coefficient (Wildman–Crippen LogP) is 2.82. The van der Waals surface area contributed by atoms with E-state index >= 15 is 0 Å². The Hall–Kier alpha value is -3.20. The molecule has 0 spiro atoms. The van der Waals surface area contributed by atoms with E-state index in [0.29, 0.717) is 11.1 Å². The monoisotopic (exact) mass is 282 g/mol. The minimum absolute atomic E-state index is 0.101. The van der Waals surface area contributed by atoms with Gasteiger partial charge < -0.3 is 4.74 Å². The van der Waals surface area contributed by atoms with E-state index in [9.17, 15) is 14.9 Å². The Labute approximate surface area is 120 Å². The Morgan fingerprint density at radius 2 is 2.00 bits per heavy atom. The van der Waals surface area contributed by atoms with Crippen molar-refractivity contribution < 1.29 is 14.5 Å². The molecule has 0 N–H and O–H groups in total. The molecule has 6 nitrogen and oxygen atoms in total. The fraction of sp³-hybridized carbons (Fsp3) is 0.0667. The Morgan fingerprint density at radius 1 is 1.24 bits per heavy atom. The highest BCUT2D eigenvalue weighted by Crippen LogP contribution is 2.19. The first-order valence-corrected chi connectivity index (χ1v) is 6.01. The van der Waals surface area contributed by atoms with Crippen molar-refractivity contribution in [3.63, 3.8) is 0 Å². The van der Waals surface area contributed by atoms with Gasteiger partial charge in [-0.2, -0.15) is 5.26 Å². The molecular formula is C15H10N2O4. The molecule has 0 bridgehead atoms. The predicted molar refractivity (Wildman–Crippen MR) is 73.4 cm³/mol. The summed E-state index contributed by atoms with van der Waals surface area (Å²) in [6.07, 6.45) is 0. The number of nitriles is 1. The van der Waals surface area contributed by atoms with Crippen LogP contribution in [0.4, 0.5) is 5.69 Å². The normalized spacial score (nSPS) is 9.67. The molecule has 0 atom stereocenters. The van der Waals surface area contributed by atoms with Crippen molar-refractivity contribution in [2.24, 2.45) is 0 Å². The first-order valence-electron chi connectivity index (χ1n) is 6.01. The number of para-hydroxylation sites is 1. The molecule has 0 aliphatic carbocycles. The van der Waals surface area contributed by atoms with E-state index in [0.717, 1.165) is 0 Å². The number of nitrogens with zero attached hydrogens (tertiary/aromatic N) is 2. The standard InChI is InChI=1S/C15H10N2O4/c16-9-11-4-3-6-12(8-11)15(18)21-10-13-5-1-2-7-14(13)17(19)20/h1-8H,10H2. The number of benzene rings is 2. The molecular weight excluding hydrogens is 272 g/mol. The molecule has 0 amide bonds. The molecule has 2 aromatic carbocycles. The van der Waals surface area contributed by atoms with Gasteiger partial charge in [-0.15, -0.1) is 0 Å². The van der Waals surface area contributed by atoms with Crippen molar-refractivity contribution >= 4 is 11.7 Å². The molecule has 0 saturated heterocycles. The van der Waals surface area contributed by atoms with Gasteiger partial charge in [0.25, 0.3) is 5.69 Å². The van der Waals surface area contributed by atoms with Gasteiger partial charge in [-0.05, 0) is 24.3 Å². The van der Waals surface area contributed by atoms with Gasteiger partial charge in [-0.3, -0.25) is 10.1 Å². The lowest BCUT2D eigenvalue weighted by atomic mass is 10.1. The number of carbonyl (C=O) groups excluding carboxylic acids is 1. The fourth-order valence-corrected chi connectivity index (χ4v) is 1.75. The number of ether oxygens (including phenoxy) is 1. The number of hydrogen-bond acceptors (Lipinski definition) is 5. The highest BCUT2D eigenvalue weighted by atomic mass is 16.6. The van der Waals surface area contributed by atoms with E-state index in [4.69, 9.17) is 10.00 Å². The largest absolute Gasteiger partial charge is 0.457 e. The van der Waals surface area contributed by atoms with Crippen LogP contribution in [-0.4, -0.2) is 10.9 Å². The summed E-state index contributed by atoms with van der Waals surface area (Å²) >= 11 is 0. The zero-order valence-corrected chi connectivity index (χ0v) is 10.9. The van der Waals surface area contributed by atoms with E-state index in [-0.39, 0.29) is 17.9 Å². The van der Waals surface area contributed by atoms with E-state index < -0.39 is 10.9 Å². The van der Waals surface area contributed by atoms with Crippen LogP contribution in [-0.2, 0) is 11.3 Å². The molecule has 0 fully saturated rings. The quantitative estimate of drug-likeness (QED) is 0.488. The minimum Gasteiger partial charge on any atom is -0.457 e. The van der Waals surface area contributed by atoms with Gasteiger partial charge in [0.2, 0.25) is 0 Å². The maximum absolute atomic E-state index is 11.9. The summed E-state index contributed by atoms with van der Waals surface area (Å²) in [6.45, 7) is -0.202. The van der Waals surface area contributed by atoms with Crippen LogP contribution in [0, 0.1) is 21.4 Å². The van der Waals surface area contributed by atoms with Gasteiger partial charge in [-0.25, -0.2) is 4.79 Å². The summed E-state index contributed by atoms with van der Waals surface area (Å²) < 4.78 is 5.05. The van der Waals surface area contributed by atoms with Crippen LogP contribution in [0.25, 0.3) is 0 Å². The third kappa shape index (κ3) is 3.42. The van der Waals surface area contributed by atoms with E-state index in [1.54, 1.807) is 24.3 Å². The topological polar surface area (TPSA) is 93.2 Å². The highest BCUT2D eigenvalue weighted by Gasteiger charge is 2.15. The summed E-state index contributed by atoms with van der Waals surface area (Å²) in [6, 6.07) is 14.0. The summed E-state index contributed by atoms with van der Waals surface area (Å²) in [5, 5.41) is 19.6. The zero-order valence-electron chi connectivity index (χ0n) is 10.9. The first kappa shape index (κ1) is 14.2. The highest BCUT2D eigenvalue weighted by molar-refractivity contribution is 5.89. The lowest BCUT2D eigenvalue weighted by Gasteiger charge is -2.05. The van der Waals surface area contributed by atoms with E-state index in [1.165, 1.54) is 24.3 Å². The van der Waals surface area contributed by atoms with Crippen LogP contribution >= 0.6 is 0 Å². The minimum atomic E-state index is -0.634. The molecule has 104 valence electrons. The number of carbonyl (C=O) groups is 1. The van der Waals surface area contributed by atoms with Crippen molar-refractivity contribution in [2.75, 3.05) is 0 Å². The number of nitro benzene ring substituents is 1. The SMILES string of the molecule is N#Cc1cccc(C(=O)OCc2ccccc2[N+](=O)[O-])c1. The Bertz CT molecular complexity index is 734. The van der Waals surface area contributed by atoms with Crippen LogP contribution in [0.1, 0.15) is 21.5 Å². The fourth-order valence-electron chi connectivity index (χ4n) is 1.75. The van der Waals surface area contributed by atoms with Gasteiger partial charge in [0.1, 0.15) is 6.61 Å². The van der Waals surface area contributed by atoms with Crippen LogP contribution in [0.3, 0.4) is 0 Å². The number of nitro groups is 1. The Kier molecular flexibility index (Phi) is 4.26. The van der Waals surface area contributed by atoms with Crippen LogP contribution < -0.4 is 0 Å². The molecule has 0 aliphatic rings. The van der Waals surface area contributed by atoms with E-state index in [2.05, 4.69) is 0 Å². The summed E-state index contributed by atoms with van der Waals surface area (Å²) in [4.78, 5) is 22.2. The average Bonchev–Trinajstić information content (AvgIpc) is 2.52. The van der Waals surface area contributed by atoms with Crippen LogP contribution in [0.2, 0.25) is 0 Å². The molecule has 2 rings (SSSR count). The van der Waals surface area contributed by atoms with Gasteiger partial charge in [-0.1, -0.05) is 18.2 Å². The van der Waals surface area contributed by atoms with Crippen molar-refractivity contribution in [3.05, 3.63) is 75.3 Å². The maximum Gasteiger partial charge on any atom is 0.338 e. The Balaban J connectivity index is 2.11. The van der Waals surface area contributed by atoms with Crippen molar-refractivity contribution in [1.29, 1.82) is 5.26 Å². The molecule has 0 radical (unpaired) electrons.